The van der Waals surface area contributed by atoms with Gasteiger partial charge in [-0.05, 0) is 42.5 Å². The van der Waals surface area contributed by atoms with Crippen molar-refractivity contribution in [3.05, 3.63) is 53.1 Å². The standard InChI is InChI=1S/C20H20ClN5O4S/c1-25(31(29,30)16-5-2-14(11-22)3-6-16)12-20(28)24-15-4-7-18(17(21)10-15)26-9-8-23-19(27)13-26/h2-7,10H,8-9,12-13H2,1H3,(H,23,27)(H,24,28). The molecule has 31 heavy (non-hydrogen) atoms. The fraction of sp³-hybridized carbons (Fsp3) is 0.250. The number of nitrogens with zero attached hydrogens (tertiary/aromatic N) is 3. The van der Waals surface area contributed by atoms with E-state index in [9.17, 15) is 18.0 Å². The molecule has 0 saturated carbocycles. The fourth-order valence-corrected chi connectivity index (χ4v) is 4.48. The number of anilines is 2. The predicted octanol–water partition coefficient (Wildman–Crippen LogP) is 1.41. The van der Waals surface area contributed by atoms with Gasteiger partial charge < -0.3 is 15.5 Å². The van der Waals surface area contributed by atoms with Gasteiger partial charge in [0, 0.05) is 25.8 Å². The maximum Gasteiger partial charge on any atom is 0.243 e. The number of hydrogen-bond donors (Lipinski definition) is 2. The predicted molar refractivity (Wildman–Crippen MR) is 116 cm³/mol. The average Bonchev–Trinajstić information content (AvgIpc) is 2.73. The fourth-order valence-electron chi connectivity index (χ4n) is 3.05. The Morgan fingerprint density at radius 2 is 2.00 bits per heavy atom. The van der Waals surface area contributed by atoms with Gasteiger partial charge in [0.15, 0.2) is 0 Å². The van der Waals surface area contributed by atoms with Gasteiger partial charge >= 0.3 is 0 Å². The molecule has 1 fully saturated rings. The summed E-state index contributed by atoms with van der Waals surface area (Å²) in [6.07, 6.45) is 0. The number of carbonyl (C=O) groups is 2. The maximum absolute atomic E-state index is 12.6. The molecule has 1 aliphatic rings. The third-order valence-corrected chi connectivity index (χ3v) is 6.79. The molecule has 1 saturated heterocycles. The molecule has 0 radical (unpaired) electrons. The second-order valence-electron chi connectivity index (χ2n) is 6.88. The molecule has 0 unspecified atom stereocenters. The topological polar surface area (TPSA) is 123 Å². The third kappa shape index (κ3) is 5.32. The van der Waals surface area contributed by atoms with Crippen molar-refractivity contribution in [3.63, 3.8) is 0 Å². The smallest absolute Gasteiger partial charge is 0.243 e. The highest BCUT2D eigenvalue weighted by molar-refractivity contribution is 7.89. The zero-order valence-electron chi connectivity index (χ0n) is 16.6. The molecule has 2 aromatic rings. The number of halogens is 1. The van der Waals surface area contributed by atoms with Gasteiger partial charge in [-0.15, -0.1) is 0 Å². The highest BCUT2D eigenvalue weighted by Crippen LogP contribution is 2.29. The van der Waals surface area contributed by atoms with E-state index < -0.39 is 22.5 Å². The number of likely N-dealkylation sites (N-methyl/N-ethyl adjacent to an activating group) is 1. The molecule has 3 rings (SSSR count). The van der Waals surface area contributed by atoms with Crippen LogP contribution < -0.4 is 15.5 Å². The number of carbonyl (C=O) groups excluding carboxylic acids is 2. The van der Waals surface area contributed by atoms with Crippen molar-refractivity contribution in [1.82, 2.24) is 9.62 Å². The van der Waals surface area contributed by atoms with E-state index in [-0.39, 0.29) is 17.3 Å². The van der Waals surface area contributed by atoms with E-state index in [2.05, 4.69) is 10.6 Å². The van der Waals surface area contributed by atoms with Gasteiger partial charge in [0.1, 0.15) is 0 Å². The normalized spacial score (nSPS) is 14.1. The van der Waals surface area contributed by atoms with Crippen LogP contribution in [0.25, 0.3) is 0 Å². The van der Waals surface area contributed by atoms with Crippen LogP contribution in [0, 0.1) is 11.3 Å². The molecule has 1 aliphatic heterocycles. The highest BCUT2D eigenvalue weighted by Gasteiger charge is 2.23. The molecule has 1 heterocycles. The van der Waals surface area contributed by atoms with Crippen LogP contribution in [-0.2, 0) is 19.6 Å². The molecule has 2 amide bonds. The van der Waals surface area contributed by atoms with Crippen LogP contribution in [0.2, 0.25) is 5.02 Å². The highest BCUT2D eigenvalue weighted by atomic mass is 35.5. The van der Waals surface area contributed by atoms with Crippen LogP contribution in [-0.4, -0.2) is 57.8 Å². The lowest BCUT2D eigenvalue weighted by Gasteiger charge is -2.29. The van der Waals surface area contributed by atoms with Crippen LogP contribution >= 0.6 is 11.6 Å². The lowest BCUT2D eigenvalue weighted by atomic mass is 10.2. The molecular formula is C20H20ClN5O4S. The summed E-state index contributed by atoms with van der Waals surface area (Å²) in [6, 6.07) is 12.3. The molecule has 0 bridgehead atoms. The van der Waals surface area contributed by atoms with E-state index in [4.69, 9.17) is 16.9 Å². The van der Waals surface area contributed by atoms with Crippen LogP contribution in [0.5, 0.6) is 0 Å². The lowest BCUT2D eigenvalue weighted by molar-refractivity contribution is -0.120. The van der Waals surface area contributed by atoms with E-state index >= 15 is 0 Å². The Bertz CT molecular complexity index is 1150. The first kappa shape index (κ1) is 22.6. The monoisotopic (exact) mass is 461 g/mol. The lowest BCUT2D eigenvalue weighted by Crippen LogP contribution is -2.47. The summed E-state index contributed by atoms with van der Waals surface area (Å²) < 4.78 is 26.2. The van der Waals surface area contributed by atoms with Crippen LogP contribution in [0.4, 0.5) is 11.4 Å². The van der Waals surface area contributed by atoms with E-state index in [0.717, 1.165) is 4.31 Å². The number of hydrogen-bond acceptors (Lipinski definition) is 6. The van der Waals surface area contributed by atoms with Gasteiger partial charge in [0.25, 0.3) is 0 Å². The number of sulfonamides is 1. The van der Waals surface area contributed by atoms with Crippen molar-refractivity contribution in [2.75, 3.05) is 43.4 Å². The number of rotatable bonds is 6. The Hall–Kier alpha value is -3.13. The minimum absolute atomic E-state index is 0.0141. The van der Waals surface area contributed by atoms with E-state index in [0.29, 0.717) is 35.1 Å². The van der Waals surface area contributed by atoms with Crippen molar-refractivity contribution in [2.45, 2.75) is 4.90 Å². The van der Waals surface area contributed by atoms with Gasteiger partial charge in [-0.25, -0.2) is 8.42 Å². The number of benzene rings is 2. The first-order valence-corrected chi connectivity index (χ1v) is 11.1. The molecule has 2 N–H and O–H groups in total. The molecule has 162 valence electrons. The first-order chi connectivity index (χ1) is 14.7. The summed E-state index contributed by atoms with van der Waals surface area (Å²) >= 11 is 6.32. The Kier molecular flexibility index (Phi) is 6.80. The summed E-state index contributed by atoms with van der Waals surface area (Å²) in [5, 5.41) is 14.6. The maximum atomic E-state index is 12.6. The minimum Gasteiger partial charge on any atom is -0.359 e. The van der Waals surface area contributed by atoms with Gasteiger partial charge in [-0.1, -0.05) is 11.6 Å². The molecular weight excluding hydrogens is 442 g/mol. The van der Waals surface area contributed by atoms with Gasteiger partial charge in [0.2, 0.25) is 21.8 Å². The van der Waals surface area contributed by atoms with E-state index in [1.165, 1.54) is 31.3 Å². The second kappa shape index (κ2) is 9.34. The molecule has 0 aromatic heterocycles. The molecule has 9 nitrogen and oxygen atoms in total. The number of nitrogens with one attached hydrogen (secondary N) is 2. The molecule has 11 heteroatoms. The summed E-state index contributed by atoms with van der Waals surface area (Å²) in [5.41, 5.74) is 1.42. The van der Waals surface area contributed by atoms with E-state index in [1.807, 2.05) is 11.0 Å². The largest absolute Gasteiger partial charge is 0.359 e. The summed E-state index contributed by atoms with van der Waals surface area (Å²) in [5.74, 6) is -0.632. The number of nitriles is 1. The number of amides is 2. The van der Waals surface area contributed by atoms with Crippen LogP contribution in [0.15, 0.2) is 47.4 Å². The Morgan fingerprint density at radius 3 is 2.61 bits per heavy atom. The molecule has 2 aromatic carbocycles. The van der Waals surface area contributed by atoms with Gasteiger partial charge in [0.05, 0.1) is 40.3 Å². The number of piperazine rings is 1. The Morgan fingerprint density at radius 1 is 1.29 bits per heavy atom. The summed E-state index contributed by atoms with van der Waals surface area (Å²) in [7, 11) is -2.60. The Labute approximate surface area is 185 Å². The molecule has 0 aliphatic carbocycles. The third-order valence-electron chi connectivity index (χ3n) is 4.67. The van der Waals surface area contributed by atoms with Crippen molar-refractivity contribution in [1.29, 1.82) is 5.26 Å². The van der Waals surface area contributed by atoms with Crippen molar-refractivity contribution in [3.8, 4) is 6.07 Å². The van der Waals surface area contributed by atoms with Crippen molar-refractivity contribution < 1.29 is 18.0 Å². The van der Waals surface area contributed by atoms with E-state index in [1.54, 1.807) is 18.2 Å². The average molecular weight is 462 g/mol. The van der Waals surface area contributed by atoms with Crippen molar-refractivity contribution >= 4 is 44.8 Å². The zero-order chi connectivity index (χ0) is 22.6. The van der Waals surface area contributed by atoms with Gasteiger partial charge in [-0.2, -0.15) is 9.57 Å². The van der Waals surface area contributed by atoms with Crippen LogP contribution in [0.1, 0.15) is 5.56 Å². The van der Waals surface area contributed by atoms with Gasteiger partial charge in [-0.3, -0.25) is 9.59 Å². The molecule has 0 atom stereocenters. The minimum atomic E-state index is -3.89. The molecule has 0 spiro atoms. The second-order valence-corrected chi connectivity index (χ2v) is 9.34. The SMILES string of the molecule is CN(CC(=O)Nc1ccc(N2CCNC(=O)C2)c(Cl)c1)S(=O)(=O)c1ccc(C#N)cc1. The summed E-state index contributed by atoms with van der Waals surface area (Å²) in [4.78, 5) is 25.8. The summed E-state index contributed by atoms with van der Waals surface area (Å²) in [6.45, 7) is 0.931. The Balaban J connectivity index is 1.65. The zero-order valence-corrected chi connectivity index (χ0v) is 18.2. The first-order valence-electron chi connectivity index (χ1n) is 9.28. The quantitative estimate of drug-likeness (QED) is 0.670. The van der Waals surface area contributed by atoms with Crippen LogP contribution in [0.3, 0.4) is 0 Å². The van der Waals surface area contributed by atoms with Crippen molar-refractivity contribution in [2.24, 2.45) is 0 Å².